The Morgan fingerprint density at radius 1 is 1.63 bits per heavy atom. The van der Waals surface area contributed by atoms with Gasteiger partial charge in [0.25, 0.3) is 0 Å². The molecule has 1 fully saturated rings. The molecule has 1 saturated heterocycles. The topological polar surface area (TPSA) is 58.4 Å². The van der Waals surface area contributed by atoms with Crippen LogP contribution in [-0.2, 0) is 11.3 Å². The Kier molecular flexibility index (Phi) is 4.24. The summed E-state index contributed by atoms with van der Waals surface area (Å²) in [6.07, 6.45) is 3.91. The molecule has 1 aliphatic rings. The average Bonchev–Trinajstić information content (AvgIpc) is 2.99. The summed E-state index contributed by atoms with van der Waals surface area (Å²) in [4.78, 5) is 14.4. The second-order valence-electron chi connectivity index (χ2n) is 5.45. The summed E-state index contributed by atoms with van der Waals surface area (Å²) in [5.41, 5.74) is 0.445. The number of rotatable bonds is 5. The van der Waals surface area contributed by atoms with Crippen molar-refractivity contribution in [3.05, 3.63) is 17.5 Å². The summed E-state index contributed by atoms with van der Waals surface area (Å²) in [5.74, 6) is 0.950. The van der Waals surface area contributed by atoms with Crippen LogP contribution in [0.1, 0.15) is 44.1 Å². The largest absolute Gasteiger partial charge is 0.361 e. The van der Waals surface area contributed by atoms with Crippen molar-refractivity contribution in [3.8, 4) is 0 Å². The van der Waals surface area contributed by atoms with Crippen LogP contribution in [0.3, 0.4) is 0 Å². The summed E-state index contributed by atoms with van der Waals surface area (Å²) < 4.78 is 5.04. The lowest BCUT2D eigenvalue weighted by Gasteiger charge is -2.32. The molecule has 2 rings (SSSR count). The Bertz CT molecular complexity index is 436. The first-order valence-corrected chi connectivity index (χ1v) is 7.00. The lowest BCUT2D eigenvalue weighted by atomic mass is 9.90. The third kappa shape index (κ3) is 2.97. The molecule has 1 unspecified atom stereocenters. The van der Waals surface area contributed by atoms with Crippen molar-refractivity contribution in [1.29, 1.82) is 0 Å². The second kappa shape index (κ2) is 5.74. The molecule has 19 heavy (non-hydrogen) atoms. The van der Waals surface area contributed by atoms with E-state index in [0.717, 1.165) is 43.7 Å². The van der Waals surface area contributed by atoms with Crippen molar-refractivity contribution in [2.24, 2.45) is 0 Å². The van der Waals surface area contributed by atoms with Gasteiger partial charge >= 0.3 is 0 Å². The van der Waals surface area contributed by atoms with E-state index < -0.39 is 0 Å². The fourth-order valence-electron chi connectivity index (χ4n) is 2.91. The van der Waals surface area contributed by atoms with Gasteiger partial charge in [-0.25, -0.2) is 0 Å². The number of hydrogen-bond donors (Lipinski definition) is 1. The Morgan fingerprint density at radius 2 is 2.42 bits per heavy atom. The molecule has 1 aromatic heterocycles. The number of carbonyl (C=O) groups excluding carboxylic acids is 1. The molecule has 106 valence electrons. The molecule has 1 N–H and O–H groups in total. The highest BCUT2D eigenvalue weighted by Crippen LogP contribution is 2.27. The Morgan fingerprint density at radius 3 is 2.95 bits per heavy atom. The van der Waals surface area contributed by atoms with E-state index >= 15 is 0 Å². The molecular formula is C14H23N3O2. The van der Waals surface area contributed by atoms with Gasteiger partial charge in [-0.1, -0.05) is 18.5 Å². The van der Waals surface area contributed by atoms with E-state index in [1.54, 1.807) is 4.90 Å². The zero-order valence-corrected chi connectivity index (χ0v) is 12.0. The molecule has 5 nitrogen and oxygen atoms in total. The Hall–Kier alpha value is -1.36. The fraction of sp³-hybridized carbons (Fsp3) is 0.714. The van der Waals surface area contributed by atoms with Crippen LogP contribution in [0.2, 0.25) is 0 Å². The minimum atomic E-state index is -0.359. The first-order valence-electron chi connectivity index (χ1n) is 7.00. The first kappa shape index (κ1) is 14.1. The van der Waals surface area contributed by atoms with Gasteiger partial charge in [0.2, 0.25) is 5.91 Å². The second-order valence-corrected chi connectivity index (χ2v) is 5.45. The summed E-state index contributed by atoms with van der Waals surface area (Å²) in [7, 11) is 1.84. The number of nitrogens with zero attached hydrogens (tertiary/aromatic N) is 2. The number of aromatic nitrogens is 1. The van der Waals surface area contributed by atoms with Crippen LogP contribution in [0.15, 0.2) is 10.6 Å². The van der Waals surface area contributed by atoms with E-state index in [0.29, 0.717) is 6.54 Å². The standard InChI is InChI=1S/C14H23N3O2/c1-4-6-14(7-5-8-15-14)13(18)17(3)10-12-9-11(2)19-16-12/h9,15H,4-8,10H2,1-3H3. The molecule has 0 bridgehead atoms. The molecule has 1 amide bonds. The zero-order valence-electron chi connectivity index (χ0n) is 12.0. The SMILES string of the molecule is CCCC1(C(=O)N(C)Cc2cc(C)on2)CCCN1. The van der Waals surface area contributed by atoms with Gasteiger partial charge in [0, 0.05) is 13.1 Å². The smallest absolute Gasteiger partial charge is 0.242 e. The maximum absolute atomic E-state index is 12.7. The van der Waals surface area contributed by atoms with Gasteiger partial charge < -0.3 is 14.7 Å². The zero-order chi connectivity index (χ0) is 13.9. The molecule has 0 saturated carbocycles. The summed E-state index contributed by atoms with van der Waals surface area (Å²) >= 11 is 0. The molecule has 0 aromatic carbocycles. The molecular weight excluding hydrogens is 242 g/mol. The van der Waals surface area contributed by atoms with Gasteiger partial charge in [-0.3, -0.25) is 4.79 Å². The predicted molar refractivity (Wildman–Crippen MR) is 72.6 cm³/mol. The maximum atomic E-state index is 12.7. The number of hydrogen-bond acceptors (Lipinski definition) is 4. The van der Waals surface area contributed by atoms with Gasteiger partial charge in [-0.05, 0) is 32.7 Å². The van der Waals surface area contributed by atoms with Crippen molar-refractivity contribution in [3.63, 3.8) is 0 Å². The lowest BCUT2D eigenvalue weighted by molar-refractivity contribution is -0.137. The van der Waals surface area contributed by atoms with Gasteiger partial charge in [0.05, 0.1) is 12.1 Å². The highest BCUT2D eigenvalue weighted by Gasteiger charge is 2.41. The fourth-order valence-corrected chi connectivity index (χ4v) is 2.91. The molecule has 5 heteroatoms. The molecule has 1 atom stereocenters. The normalized spacial score (nSPS) is 22.7. The minimum absolute atomic E-state index is 0.174. The third-order valence-corrected chi connectivity index (χ3v) is 3.75. The Balaban J connectivity index is 2.04. The number of nitrogens with one attached hydrogen (secondary N) is 1. The molecule has 2 heterocycles. The minimum Gasteiger partial charge on any atom is -0.361 e. The lowest BCUT2D eigenvalue weighted by Crippen LogP contribution is -2.53. The quantitative estimate of drug-likeness (QED) is 0.883. The number of likely N-dealkylation sites (N-methyl/N-ethyl adjacent to an activating group) is 1. The van der Waals surface area contributed by atoms with Crippen LogP contribution in [0.25, 0.3) is 0 Å². The summed E-state index contributed by atoms with van der Waals surface area (Å²) in [6.45, 7) is 5.41. The molecule has 0 aliphatic carbocycles. The van der Waals surface area contributed by atoms with Crippen molar-refractivity contribution < 1.29 is 9.32 Å². The van der Waals surface area contributed by atoms with E-state index in [1.165, 1.54) is 0 Å². The van der Waals surface area contributed by atoms with Crippen LogP contribution < -0.4 is 5.32 Å². The van der Waals surface area contributed by atoms with Gasteiger partial charge in [0.1, 0.15) is 11.5 Å². The molecule has 1 aliphatic heterocycles. The summed E-state index contributed by atoms with van der Waals surface area (Å²) in [6, 6.07) is 1.87. The van der Waals surface area contributed by atoms with Crippen molar-refractivity contribution in [2.45, 2.75) is 51.6 Å². The van der Waals surface area contributed by atoms with Crippen molar-refractivity contribution in [2.75, 3.05) is 13.6 Å². The van der Waals surface area contributed by atoms with Crippen LogP contribution in [0, 0.1) is 6.92 Å². The van der Waals surface area contributed by atoms with Crippen LogP contribution >= 0.6 is 0 Å². The van der Waals surface area contributed by atoms with E-state index in [9.17, 15) is 4.79 Å². The number of aryl methyl sites for hydroxylation is 1. The van der Waals surface area contributed by atoms with E-state index in [2.05, 4.69) is 17.4 Å². The molecule has 1 aromatic rings. The monoisotopic (exact) mass is 265 g/mol. The van der Waals surface area contributed by atoms with Crippen LogP contribution in [0.5, 0.6) is 0 Å². The predicted octanol–water partition coefficient (Wildman–Crippen LogP) is 1.86. The molecule has 0 radical (unpaired) electrons. The highest BCUT2D eigenvalue weighted by molar-refractivity contribution is 5.86. The van der Waals surface area contributed by atoms with E-state index in [4.69, 9.17) is 4.52 Å². The Labute approximate surface area is 114 Å². The van der Waals surface area contributed by atoms with Crippen molar-refractivity contribution >= 4 is 5.91 Å². The third-order valence-electron chi connectivity index (χ3n) is 3.75. The number of carbonyl (C=O) groups is 1. The van der Waals surface area contributed by atoms with Crippen molar-refractivity contribution in [1.82, 2.24) is 15.4 Å². The van der Waals surface area contributed by atoms with E-state index in [-0.39, 0.29) is 11.4 Å². The highest BCUT2D eigenvalue weighted by atomic mass is 16.5. The van der Waals surface area contributed by atoms with Gasteiger partial charge in [0.15, 0.2) is 0 Å². The van der Waals surface area contributed by atoms with Gasteiger partial charge in [-0.2, -0.15) is 0 Å². The first-order chi connectivity index (χ1) is 9.07. The average molecular weight is 265 g/mol. The molecule has 0 spiro atoms. The van der Waals surface area contributed by atoms with E-state index in [1.807, 2.05) is 20.0 Å². The number of amides is 1. The van der Waals surface area contributed by atoms with Gasteiger partial charge in [-0.15, -0.1) is 0 Å². The summed E-state index contributed by atoms with van der Waals surface area (Å²) in [5, 5.41) is 7.35. The maximum Gasteiger partial charge on any atom is 0.242 e. The van der Waals surface area contributed by atoms with Crippen LogP contribution in [-0.4, -0.2) is 35.1 Å². The van der Waals surface area contributed by atoms with Crippen LogP contribution in [0.4, 0.5) is 0 Å².